The second-order valence-electron chi connectivity index (χ2n) is 3.60. The molecule has 1 amide bonds. The monoisotopic (exact) mass is 233 g/mol. The molecule has 4 nitrogen and oxygen atoms in total. The van der Waals surface area contributed by atoms with Crippen LogP contribution in [0.4, 0.5) is 0 Å². The molecule has 4 heteroatoms. The molecule has 1 aromatic heterocycles. The fourth-order valence-corrected chi connectivity index (χ4v) is 1.56. The lowest BCUT2D eigenvalue weighted by Crippen LogP contribution is -2.26. The average molecular weight is 233 g/mol. The van der Waals surface area contributed by atoms with E-state index in [0.29, 0.717) is 25.5 Å². The van der Waals surface area contributed by atoms with Crippen LogP contribution in [0.5, 0.6) is 0 Å². The van der Waals surface area contributed by atoms with E-state index in [1.807, 2.05) is 31.2 Å². The van der Waals surface area contributed by atoms with Crippen molar-refractivity contribution in [3.63, 3.8) is 0 Å². The van der Waals surface area contributed by atoms with Crippen molar-refractivity contribution in [3.8, 4) is 0 Å². The van der Waals surface area contributed by atoms with Gasteiger partial charge in [0.2, 0.25) is 0 Å². The quantitative estimate of drug-likeness (QED) is 0.805. The third kappa shape index (κ3) is 2.85. The van der Waals surface area contributed by atoms with Crippen molar-refractivity contribution in [1.82, 2.24) is 5.32 Å². The summed E-state index contributed by atoms with van der Waals surface area (Å²) in [6.07, 6.45) is 0. The Labute approximate surface area is 99.6 Å². The first kappa shape index (κ1) is 11.7. The highest BCUT2D eigenvalue weighted by molar-refractivity contribution is 5.95. The Hall–Kier alpha value is -1.81. The molecule has 0 aliphatic heterocycles. The Bertz CT molecular complexity index is 471. The molecule has 2 aromatic rings. The van der Waals surface area contributed by atoms with Crippen LogP contribution in [-0.4, -0.2) is 25.7 Å². The lowest BCUT2D eigenvalue weighted by Gasteiger charge is -2.02. The molecule has 0 bridgehead atoms. The zero-order chi connectivity index (χ0) is 12.1. The zero-order valence-corrected chi connectivity index (χ0v) is 9.73. The lowest BCUT2D eigenvalue weighted by atomic mass is 10.2. The number of amides is 1. The van der Waals surface area contributed by atoms with Crippen LogP contribution in [0, 0.1) is 0 Å². The maximum absolute atomic E-state index is 11.7. The summed E-state index contributed by atoms with van der Waals surface area (Å²) in [5.41, 5.74) is 0.724. The molecule has 1 heterocycles. The summed E-state index contributed by atoms with van der Waals surface area (Å²) >= 11 is 0. The highest BCUT2D eigenvalue weighted by atomic mass is 16.5. The van der Waals surface area contributed by atoms with Crippen molar-refractivity contribution in [1.29, 1.82) is 0 Å². The number of carbonyl (C=O) groups excluding carboxylic acids is 1. The number of ether oxygens (including phenoxy) is 1. The van der Waals surface area contributed by atoms with Crippen LogP contribution in [-0.2, 0) is 4.74 Å². The Morgan fingerprint density at radius 3 is 3.00 bits per heavy atom. The number of nitrogens with one attached hydrogen (secondary N) is 1. The van der Waals surface area contributed by atoms with Gasteiger partial charge in [0.1, 0.15) is 5.58 Å². The van der Waals surface area contributed by atoms with Gasteiger partial charge in [0.25, 0.3) is 5.91 Å². The summed E-state index contributed by atoms with van der Waals surface area (Å²) in [4.78, 5) is 11.7. The molecule has 90 valence electrons. The Morgan fingerprint density at radius 1 is 1.41 bits per heavy atom. The fraction of sp³-hybridized carbons (Fsp3) is 0.308. The largest absolute Gasteiger partial charge is 0.451 e. The summed E-state index contributed by atoms with van der Waals surface area (Å²) < 4.78 is 10.6. The number of furan rings is 1. The predicted octanol–water partition coefficient (Wildman–Crippen LogP) is 2.20. The molecule has 0 unspecified atom stereocenters. The topological polar surface area (TPSA) is 51.5 Å². The molecular weight excluding hydrogens is 218 g/mol. The van der Waals surface area contributed by atoms with Gasteiger partial charge in [-0.05, 0) is 19.1 Å². The van der Waals surface area contributed by atoms with Gasteiger partial charge < -0.3 is 14.5 Å². The molecule has 2 rings (SSSR count). The molecule has 1 aromatic carbocycles. The van der Waals surface area contributed by atoms with Crippen LogP contribution in [0.2, 0.25) is 0 Å². The highest BCUT2D eigenvalue weighted by Crippen LogP contribution is 2.18. The maximum Gasteiger partial charge on any atom is 0.287 e. The van der Waals surface area contributed by atoms with E-state index in [2.05, 4.69) is 5.32 Å². The van der Waals surface area contributed by atoms with Gasteiger partial charge in [-0.15, -0.1) is 0 Å². The number of fused-ring (bicyclic) bond motifs is 1. The maximum atomic E-state index is 11.7. The second kappa shape index (κ2) is 5.50. The molecule has 0 saturated carbocycles. The number of benzene rings is 1. The summed E-state index contributed by atoms with van der Waals surface area (Å²) in [5.74, 6) is 0.128. The van der Waals surface area contributed by atoms with Crippen LogP contribution in [0.1, 0.15) is 17.5 Å². The third-order valence-corrected chi connectivity index (χ3v) is 2.39. The van der Waals surface area contributed by atoms with E-state index in [1.165, 1.54) is 0 Å². The smallest absolute Gasteiger partial charge is 0.287 e. The molecular formula is C13H15NO3. The number of rotatable bonds is 5. The molecule has 1 N–H and O–H groups in total. The number of hydrogen-bond donors (Lipinski definition) is 1. The van der Waals surface area contributed by atoms with Crippen molar-refractivity contribution in [2.45, 2.75) is 6.92 Å². The van der Waals surface area contributed by atoms with Gasteiger partial charge >= 0.3 is 0 Å². The van der Waals surface area contributed by atoms with Gasteiger partial charge in [0, 0.05) is 18.5 Å². The third-order valence-electron chi connectivity index (χ3n) is 2.39. The van der Waals surface area contributed by atoms with Crippen LogP contribution >= 0.6 is 0 Å². The summed E-state index contributed by atoms with van der Waals surface area (Å²) in [5, 5.41) is 3.67. The van der Waals surface area contributed by atoms with E-state index in [9.17, 15) is 4.79 Å². The van der Waals surface area contributed by atoms with Crippen molar-refractivity contribution in [2.75, 3.05) is 19.8 Å². The van der Waals surface area contributed by atoms with Crippen LogP contribution < -0.4 is 5.32 Å². The van der Waals surface area contributed by atoms with E-state index < -0.39 is 0 Å². The van der Waals surface area contributed by atoms with E-state index >= 15 is 0 Å². The van der Waals surface area contributed by atoms with Gasteiger partial charge in [-0.3, -0.25) is 4.79 Å². The normalized spacial score (nSPS) is 10.6. The van der Waals surface area contributed by atoms with Gasteiger partial charge in [0.05, 0.1) is 6.61 Å². The van der Waals surface area contributed by atoms with E-state index in [1.54, 1.807) is 6.07 Å². The first-order valence-corrected chi connectivity index (χ1v) is 5.66. The minimum atomic E-state index is -0.207. The Morgan fingerprint density at radius 2 is 2.24 bits per heavy atom. The van der Waals surface area contributed by atoms with Crippen molar-refractivity contribution in [2.24, 2.45) is 0 Å². The van der Waals surface area contributed by atoms with Gasteiger partial charge in [-0.2, -0.15) is 0 Å². The number of para-hydroxylation sites is 1. The summed E-state index contributed by atoms with van der Waals surface area (Å²) in [7, 11) is 0. The number of hydrogen-bond acceptors (Lipinski definition) is 3. The number of carbonyl (C=O) groups is 1. The lowest BCUT2D eigenvalue weighted by molar-refractivity contribution is 0.0898. The van der Waals surface area contributed by atoms with Crippen molar-refractivity contribution >= 4 is 16.9 Å². The molecule has 17 heavy (non-hydrogen) atoms. The Balaban J connectivity index is 1.99. The molecule has 0 radical (unpaired) electrons. The summed E-state index contributed by atoms with van der Waals surface area (Å²) in [6, 6.07) is 9.28. The van der Waals surface area contributed by atoms with Crippen molar-refractivity contribution < 1.29 is 13.9 Å². The second-order valence-corrected chi connectivity index (χ2v) is 3.60. The minimum absolute atomic E-state index is 0.207. The van der Waals surface area contributed by atoms with E-state index in [4.69, 9.17) is 9.15 Å². The van der Waals surface area contributed by atoms with Gasteiger partial charge in [0.15, 0.2) is 5.76 Å². The molecule has 0 spiro atoms. The van der Waals surface area contributed by atoms with E-state index in [-0.39, 0.29) is 5.91 Å². The molecule has 0 aliphatic carbocycles. The SMILES string of the molecule is CCOCCNC(=O)c1cc2ccccc2o1. The minimum Gasteiger partial charge on any atom is -0.451 e. The van der Waals surface area contributed by atoms with E-state index in [0.717, 1.165) is 11.0 Å². The Kier molecular flexibility index (Phi) is 3.77. The van der Waals surface area contributed by atoms with Gasteiger partial charge in [-0.25, -0.2) is 0 Å². The highest BCUT2D eigenvalue weighted by Gasteiger charge is 2.10. The first-order chi connectivity index (χ1) is 8.31. The van der Waals surface area contributed by atoms with Crippen LogP contribution in [0.3, 0.4) is 0 Å². The first-order valence-electron chi connectivity index (χ1n) is 5.66. The molecule has 0 aliphatic rings. The van der Waals surface area contributed by atoms with Crippen LogP contribution in [0.25, 0.3) is 11.0 Å². The van der Waals surface area contributed by atoms with Crippen LogP contribution in [0.15, 0.2) is 34.7 Å². The summed E-state index contributed by atoms with van der Waals surface area (Å²) in [6.45, 7) is 3.58. The van der Waals surface area contributed by atoms with Crippen molar-refractivity contribution in [3.05, 3.63) is 36.1 Å². The molecule has 0 fully saturated rings. The standard InChI is InChI=1S/C13H15NO3/c1-2-16-8-7-14-13(15)12-9-10-5-3-4-6-11(10)17-12/h3-6,9H,2,7-8H2,1H3,(H,14,15). The fourth-order valence-electron chi connectivity index (χ4n) is 1.56. The zero-order valence-electron chi connectivity index (χ0n) is 9.73. The molecule has 0 saturated heterocycles. The van der Waals surface area contributed by atoms with Gasteiger partial charge in [-0.1, -0.05) is 18.2 Å². The average Bonchev–Trinajstić information content (AvgIpc) is 2.78. The predicted molar refractivity (Wildman–Crippen MR) is 65.0 cm³/mol. The molecule has 0 atom stereocenters.